The van der Waals surface area contributed by atoms with Crippen molar-refractivity contribution < 1.29 is 9.53 Å². The number of esters is 1. The molecule has 0 aromatic carbocycles. The molecule has 2 aromatic heterocycles. The number of aromatic nitrogens is 1. The minimum absolute atomic E-state index is 0.316. The molecule has 4 heteroatoms. The summed E-state index contributed by atoms with van der Waals surface area (Å²) in [6.07, 6.45) is 1.70. The molecule has 0 aliphatic carbocycles. The highest BCUT2D eigenvalue weighted by Crippen LogP contribution is 2.10. The van der Waals surface area contributed by atoms with Gasteiger partial charge < -0.3 is 9.72 Å². The predicted molar refractivity (Wildman–Crippen MR) is 54.2 cm³/mol. The summed E-state index contributed by atoms with van der Waals surface area (Å²) in [7, 11) is 0. The Morgan fingerprint density at radius 3 is 3.00 bits per heavy atom. The van der Waals surface area contributed by atoms with Gasteiger partial charge in [0.2, 0.25) is 0 Å². The Morgan fingerprint density at radius 2 is 2.36 bits per heavy atom. The van der Waals surface area contributed by atoms with Gasteiger partial charge in [-0.25, -0.2) is 4.79 Å². The predicted octanol–water partition coefficient (Wildman–Crippen LogP) is 2.43. The highest BCUT2D eigenvalue weighted by molar-refractivity contribution is 7.09. The van der Waals surface area contributed by atoms with Gasteiger partial charge in [0.25, 0.3) is 0 Å². The molecule has 0 aliphatic rings. The van der Waals surface area contributed by atoms with E-state index >= 15 is 0 Å². The van der Waals surface area contributed by atoms with Crippen LogP contribution in [0.25, 0.3) is 0 Å². The van der Waals surface area contributed by atoms with Crippen LogP contribution in [0.4, 0.5) is 0 Å². The molecule has 0 radical (unpaired) electrons. The summed E-state index contributed by atoms with van der Waals surface area (Å²) in [5, 5.41) is 1.96. The third-order valence-electron chi connectivity index (χ3n) is 1.74. The molecule has 2 rings (SSSR count). The molecular formula is C10H9NO2S. The quantitative estimate of drug-likeness (QED) is 0.785. The van der Waals surface area contributed by atoms with E-state index in [1.165, 1.54) is 0 Å². The molecule has 1 N–H and O–H groups in total. The Morgan fingerprint density at radius 1 is 1.43 bits per heavy atom. The minimum atomic E-state index is -0.316. The van der Waals surface area contributed by atoms with Gasteiger partial charge in [-0.1, -0.05) is 6.07 Å². The van der Waals surface area contributed by atoms with Crippen LogP contribution >= 0.6 is 11.3 Å². The second kappa shape index (κ2) is 4.11. The van der Waals surface area contributed by atoms with Gasteiger partial charge in [-0.15, -0.1) is 11.3 Å². The lowest BCUT2D eigenvalue weighted by atomic mass is 10.4. The fraction of sp³-hybridized carbons (Fsp3) is 0.100. The Labute approximate surface area is 85.3 Å². The van der Waals surface area contributed by atoms with E-state index < -0.39 is 0 Å². The molecule has 0 saturated carbocycles. The second-order valence-electron chi connectivity index (χ2n) is 2.74. The van der Waals surface area contributed by atoms with Gasteiger partial charge in [0.1, 0.15) is 12.3 Å². The lowest BCUT2D eigenvalue weighted by Crippen LogP contribution is -2.04. The topological polar surface area (TPSA) is 42.1 Å². The number of H-pyrrole nitrogens is 1. The number of thiophene rings is 1. The first-order valence-corrected chi connectivity index (χ1v) is 5.07. The van der Waals surface area contributed by atoms with Crippen molar-refractivity contribution in [1.82, 2.24) is 4.98 Å². The highest BCUT2D eigenvalue weighted by atomic mass is 32.1. The van der Waals surface area contributed by atoms with Crippen molar-refractivity contribution in [3.8, 4) is 0 Å². The van der Waals surface area contributed by atoms with Gasteiger partial charge in [0.05, 0.1) is 0 Å². The molecule has 0 fully saturated rings. The first kappa shape index (κ1) is 9.02. The van der Waals surface area contributed by atoms with E-state index in [0.717, 1.165) is 4.88 Å². The van der Waals surface area contributed by atoms with E-state index in [0.29, 0.717) is 12.3 Å². The molecule has 0 bridgehead atoms. The third-order valence-corrected chi connectivity index (χ3v) is 2.59. The number of nitrogens with one attached hydrogen (secondary N) is 1. The summed E-state index contributed by atoms with van der Waals surface area (Å²) in [5.41, 5.74) is 0.488. The van der Waals surface area contributed by atoms with Gasteiger partial charge in [0, 0.05) is 11.1 Å². The number of hydrogen-bond acceptors (Lipinski definition) is 3. The molecular weight excluding hydrogens is 198 g/mol. The van der Waals surface area contributed by atoms with Crippen LogP contribution in [0.2, 0.25) is 0 Å². The van der Waals surface area contributed by atoms with Crippen molar-refractivity contribution in [3.05, 3.63) is 46.4 Å². The first-order chi connectivity index (χ1) is 6.86. The van der Waals surface area contributed by atoms with Crippen LogP contribution in [0.15, 0.2) is 35.8 Å². The standard InChI is InChI=1S/C10H9NO2S/c12-10(9-4-1-5-11-9)13-7-8-3-2-6-14-8/h1-6,11H,7H2. The number of hydrogen-bond donors (Lipinski definition) is 1. The van der Waals surface area contributed by atoms with Gasteiger partial charge >= 0.3 is 5.97 Å². The molecule has 3 nitrogen and oxygen atoms in total. The summed E-state index contributed by atoms with van der Waals surface area (Å²) in [6, 6.07) is 7.33. The second-order valence-corrected chi connectivity index (χ2v) is 3.77. The van der Waals surface area contributed by atoms with Crippen molar-refractivity contribution >= 4 is 17.3 Å². The van der Waals surface area contributed by atoms with Crippen LogP contribution < -0.4 is 0 Å². The van der Waals surface area contributed by atoms with Gasteiger partial charge in [-0.05, 0) is 23.6 Å². The number of ether oxygens (including phenoxy) is 1. The maximum atomic E-state index is 11.4. The van der Waals surface area contributed by atoms with E-state index in [9.17, 15) is 4.79 Å². The van der Waals surface area contributed by atoms with Crippen LogP contribution in [0, 0.1) is 0 Å². The molecule has 2 aromatic rings. The fourth-order valence-electron chi connectivity index (χ4n) is 1.07. The number of rotatable bonds is 3. The Kier molecular flexibility index (Phi) is 2.65. The molecule has 2 heterocycles. The Balaban J connectivity index is 1.90. The summed E-state index contributed by atoms with van der Waals surface area (Å²) in [5.74, 6) is -0.316. The molecule has 72 valence electrons. The monoisotopic (exact) mass is 207 g/mol. The first-order valence-electron chi connectivity index (χ1n) is 4.19. The zero-order valence-corrected chi connectivity index (χ0v) is 8.21. The van der Waals surface area contributed by atoms with Crippen LogP contribution in [-0.2, 0) is 11.3 Å². The lowest BCUT2D eigenvalue weighted by Gasteiger charge is -2.00. The van der Waals surface area contributed by atoms with Crippen molar-refractivity contribution in [1.29, 1.82) is 0 Å². The average molecular weight is 207 g/mol. The maximum absolute atomic E-state index is 11.4. The summed E-state index contributed by atoms with van der Waals surface area (Å²) in [4.78, 5) is 15.2. The van der Waals surface area contributed by atoms with E-state index in [1.807, 2.05) is 17.5 Å². The van der Waals surface area contributed by atoms with E-state index in [-0.39, 0.29) is 5.97 Å². The van der Waals surface area contributed by atoms with Crippen LogP contribution in [0.1, 0.15) is 15.4 Å². The average Bonchev–Trinajstić information content (AvgIpc) is 2.87. The zero-order chi connectivity index (χ0) is 9.80. The maximum Gasteiger partial charge on any atom is 0.355 e. The largest absolute Gasteiger partial charge is 0.455 e. The van der Waals surface area contributed by atoms with Crippen LogP contribution in [0.3, 0.4) is 0 Å². The molecule has 0 atom stereocenters. The molecule has 0 unspecified atom stereocenters. The molecule has 14 heavy (non-hydrogen) atoms. The molecule has 0 amide bonds. The van der Waals surface area contributed by atoms with E-state index in [4.69, 9.17) is 4.74 Å². The number of carbonyl (C=O) groups excluding carboxylic acids is 1. The highest BCUT2D eigenvalue weighted by Gasteiger charge is 2.07. The smallest absolute Gasteiger partial charge is 0.355 e. The molecule has 0 saturated heterocycles. The summed E-state index contributed by atoms with van der Waals surface area (Å²) < 4.78 is 5.07. The van der Waals surface area contributed by atoms with Crippen LogP contribution in [0.5, 0.6) is 0 Å². The third kappa shape index (κ3) is 2.03. The van der Waals surface area contributed by atoms with E-state index in [1.54, 1.807) is 29.7 Å². The Hall–Kier alpha value is -1.55. The molecule has 0 aliphatic heterocycles. The fourth-order valence-corrected chi connectivity index (χ4v) is 1.68. The van der Waals surface area contributed by atoms with Crippen molar-refractivity contribution in [2.24, 2.45) is 0 Å². The Bertz CT molecular complexity index is 392. The normalized spacial score (nSPS) is 10.0. The van der Waals surface area contributed by atoms with Crippen LogP contribution in [-0.4, -0.2) is 11.0 Å². The summed E-state index contributed by atoms with van der Waals surface area (Å²) >= 11 is 1.57. The van der Waals surface area contributed by atoms with E-state index in [2.05, 4.69) is 4.98 Å². The number of carbonyl (C=O) groups is 1. The van der Waals surface area contributed by atoms with Crippen molar-refractivity contribution in [2.45, 2.75) is 6.61 Å². The lowest BCUT2D eigenvalue weighted by molar-refractivity contribution is 0.0470. The van der Waals surface area contributed by atoms with Gasteiger partial charge in [0.15, 0.2) is 0 Å². The zero-order valence-electron chi connectivity index (χ0n) is 7.40. The minimum Gasteiger partial charge on any atom is -0.455 e. The number of aromatic amines is 1. The summed E-state index contributed by atoms with van der Waals surface area (Å²) in [6.45, 7) is 0.343. The van der Waals surface area contributed by atoms with Gasteiger partial charge in [-0.2, -0.15) is 0 Å². The van der Waals surface area contributed by atoms with Gasteiger partial charge in [-0.3, -0.25) is 0 Å². The molecule has 0 spiro atoms. The van der Waals surface area contributed by atoms with Crippen molar-refractivity contribution in [2.75, 3.05) is 0 Å². The SMILES string of the molecule is O=C(OCc1cccs1)c1ccc[nH]1. The van der Waals surface area contributed by atoms with Crippen molar-refractivity contribution in [3.63, 3.8) is 0 Å².